The minimum atomic E-state index is -0.521. The summed E-state index contributed by atoms with van der Waals surface area (Å²) < 4.78 is 5.48. The number of aromatic nitrogens is 2. The van der Waals surface area contributed by atoms with Crippen molar-refractivity contribution in [2.75, 3.05) is 40.3 Å². The van der Waals surface area contributed by atoms with Gasteiger partial charge in [0.15, 0.2) is 0 Å². The predicted molar refractivity (Wildman–Crippen MR) is 138 cm³/mol. The lowest BCUT2D eigenvalue weighted by atomic mass is 10.0. The van der Waals surface area contributed by atoms with Crippen molar-refractivity contribution in [1.82, 2.24) is 19.8 Å². The first kappa shape index (κ1) is 24.8. The zero-order valence-electron chi connectivity index (χ0n) is 20.3. The standard InChI is InChI=1S/C21H22N4O3.C7H6O/c1-24-9-11-25(12-10-24)21(27)20(26)15-13-23-19-14(16-5-3-4-8-22-16)6-7-17(28-2)18(15)19;8-6-7-4-2-1-3-5-7/h3-8,13,23H,9-12H2,1-2H3;1-6H. The van der Waals surface area contributed by atoms with Gasteiger partial charge in [-0.3, -0.25) is 19.4 Å². The maximum absolute atomic E-state index is 13.0. The number of Topliss-reactive ketones (excluding diaryl/α,β-unsaturated/α-hetero) is 1. The maximum Gasteiger partial charge on any atom is 0.295 e. The molecule has 0 spiro atoms. The smallest absolute Gasteiger partial charge is 0.295 e. The molecule has 1 amide bonds. The molecule has 4 aromatic rings. The summed E-state index contributed by atoms with van der Waals surface area (Å²) in [6.45, 7) is 2.64. The second-order valence-corrected chi connectivity index (χ2v) is 8.44. The Bertz CT molecular complexity index is 1340. The third-order valence-corrected chi connectivity index (χ3v) is 6.12. The highest BCUT2D eigenvalue weighted by molar-refractivity contribution is 6.45. The highest BCUT2D eigenvalue weighted by Crippen LogP contribution is 2.35. The van der Waals surface area contributed by atoms with E-state index < -0.39 is 11.7 Å². The third-order valence-electron chi connectivity index (χ3n) is 6.12. The number of ketones is 1. The molecular formula is C28H28N4O4. The number of aromatic amines is 1. The van der Waals surface area contributed by atoms with E-state index in [2.05, 4.69) is 14.9 Å². The van der Waals surface area contributed by atoms with Crippen molar-refractivity contribution in [3.05, 3.63) is 84.2 Å². The molecule has 5 rings (SSSR count). The number of H-pyrrole nitrogens is 1. The highest BCUT2D eigenvalue weighted by Gasteiger charge is 2.29. The van der Waals surface area contributed by atoms with Gasteiger partial charge in [0.05, 0.1) is 29.3 Å². The quantitative estimate of drug-likeness (QED) is 0.264. The van der Waals surface area contributed by atoms with E-state index in [0.29, 0.717) is 29.8 Å². The number of piperazine rings is 1. The SMILES string of the molecule is COc1ccc(-c2ccccn2)c2[nH]cc(C(=O)C(=O)N3CCN(C)CC3)c12.O=Cc1ccccc1. The first-order valence-corrected chi connectivity index (χ1v) is 11.6. The number of nitrogens with zero attached hydrogens (tertiary/aromatic N) is 3. The lowest BCUT2D eigenvalue weighted by Crippen LogP contribution is -2.49. The van der Waals surface area contributed by atoms with Gasteiger partial charge in [-0.25, -0.2) is 0 Å². The maximum atomic E-state index is 13.0. The molecule has 0 unspecified atom stereocenters. The Morgan fingerprint density at radius 1 is 0.972 bits per heavy atom. The van der Waals surface area contributed by atoms with Gasteiger partial charge in [-0.05, 0) is 31.3 Å². The molecule has 0 saturated carbocycles. The molecule has 1 aliphatic rings. The van der Waals surface area contributed by atoms with Gasteiger partial charge in [-0.1, -0.05) is 36.4 Å². The first-order chi connectivity index (χ1) is 17.5. The summed E-state index contributed by atoms with van der Waals surface area (Å²) in [6, 6.07) is 18.5. The fourth-order valence-electron chi connectivity index (χ4n) is 4.10. The number of likely N-dealkylation sites (N-methyl/N-ethyl adjacent to an activating group) is 1. The van der Waals surface area contributed by atoms with Crippen LogP contribution >= 0.6 is 0 Å². The zero-order valence-corrected chi connectivity index (χ0v) is 20.3. The Kier molecular flexibility index (Phi) is 7.87. The lowest BCUT2D eigenvalue weighted by Gasteiger charge is -2.31. The zero-order chi connectivity index (χ0) is 25.5. The molecule has 0 aliphatic carbocycles. The summed E-state index contributed by atoms with van der Waals surface area (Å²) in [4.78, 5) is 47.1. The Hall–Kier alpha value is -4.30. The molecule has 1 saturated heterocycles. The van der Waals surface area contributed by atoms with Crippen molar-refractivity contribution in [3.8, 4) is 17.0 Å². The molecule has 2 aromatic carbocycles. The van der Waals surface area contributed by atoms with Crippen LogP contribution in [0.1, 0.15) is 20.7 Å². The molecule has 1 fully saturated rings. The van der Waals surface area contributed by atoms with Crippen LogP contribution in [0.5, 0.6) is 5.75 Å². The van der Waals surface area contributed by atoms with Crippen LogP contribution in [0.3, 0.4) is 0 Å². The van der Waals surface area contributed by atoms with Crippen LogP contribution in [-0.4, -0.2) is 78.1 Å². The van der Waals surface area contributed by atoms with Crippen molar-refractivity contribution >= 4 is 28.9 Å². The summed E-state index contributed by atoms with van der Waals surface area (Å²) in [5.41, 5.74) is 3.41. The Labute approximate surface area is 209 Å². The number of nitrogens with one attached hydrogen (secondary N) is 1. The molecule has 8 nitrogen and oxygen atoms in total. The van der Waals surface area contributed by atoms with E-state index in [0.717, 1.165) is 41.7 Å². The van der Waals surface area contributed by atoms with Crippen LogP contribution in [0.4, 0.5) is 0 Å². The predicted octanol–water partition coefficient (Wildman–Crippen LogP) is 3.69. The van der Waals surface area contributed by atoms with Crippen molar-refractivity contribution in [2.45, 2.75) is 0 Å². The van der Waals surface area contributed by atoms with Crippen LogP contribution in [0, 0.1) is 0 Å². The van der Waals surface area contributed by atoms with Crippen LogP contribution in [0.2, 0.25) is 0 Å². The van der Waals surface area contributed by atoms with E-state index in [1.165, 1.54) is 0 Å². The highest BCUT2D eigenvalue weighted by atomic mass is 16.5. The minimum absolute atomic E-state index is 0.327. The van der Waals surface area contributed by atoms with Gasteiger partial charge in [0.25, 0.3) is 11.7 Å². The van der Waals surface area contributed by atoms with Gasteiger partial charge >= 0.3 is 0 Å². The minimum Gasteiger partial charge on any atom is -0.496 e. The number of benzene rings is 2. The molecule has 184 valence electrons. The summed E-state index contributed by atoms with van der Waals surface area (Å²) in [6.07, 6.45) is 4.15. The van der Waals surface area contributed by atoms with Gasteiger partial charge in [0.1, 0.15) is 12.0 Å². The molecular weight excluding hydrogens is 456 g/mol. The molecule has 0 bridgehead atoms. The summed E-state index contributed by atoms with van der Waals surface area (Å²) >= 11 is 0. The first-order valence-electron chi connectivity index (χ1n) is 11.6. The number of carbonyl (C=O) groups is 3. The number of methoxy groups -OCH3 is 1. The van der Waals surface area contributed by atoms with Gasteiger partial charge in [-0.15, -0.1) is 0 Å². The van der Waals surface area contributed by atoms with Crippen molar-refractivity contribution in [3.63, 3.8) is 0 Å². The largest absolute Gasteiger partial charge is 0.496 e. The van der Waals surface area contributed by atoms with E-state index in [9.17, 15) is 14.4 Å². The summed E-state index contributed by atoms with van der Waals surface area (Å²) in [5, 5.41) is 0.609. The van der Waals surface area contributed by atoms with Crippen LogP contribution in [0.25, 0.3) is 22.2 Å². The van der Waals surface area contributed by atoms with E-state index in [4.69, 9.17) is 4.74 Å². The molecule has 36 heavy (non-hydrogen) atoms. The molecule has 0 atom stereocenters. The molecule has 2 aromatic heterocycles. The number of rotatable bonds is 5. The average Bonchev–Trinajstić information content (AvgIpc) is 3.39. The van der Waals surface area contributed by atoms with Gasteiger partial charge in [0.2, 0.25) is 0 Å². The number of hydrogen-bond donors (Lipinski definition) is 1. The Morgan fingerprint density at radius 3 is 2.31 bits per heavy atom. The van der Waals surface area contributed by atoms with E-state index in [-0.39, 0.29) is 0 Å². The molecule has 3 heterocycles. The van der Waals surface area contributed by atoms with Crippen molar-refractivity contribution in [2.24, 2.45) is 0 Å². The average molecular weight is 485 g/mol. The normalized spacial score (nSPS) is 13.6. The summed E-state index contributed by atoms with van der Waals surface area (Å²) in [7, 11) is 3.56. The second-order valence-electron chi connectivity index (χ2n) is 8.44. The number of pyridine rings is 1. The summed E-state index contributed by atoms with van der Waals surface area (Å²) in [5.74, 6) is -0.447. The number of ether oxygens (including phenoxy) is 1. The number of amides is 1. The topological polar surface area (TPSA) is 95.6 Å². The Balaban J connectivity index is 0.000000325. The van der Waals surface area contributed by atoms with Crippen LogP contribution in [-0.2, 0) is 4.79 Å². The van der Waals surface area contributed by atoms with E-state index in [1.807, 2.05) is 49.5 Å². The lowest BCUT2D eigenvalue weighted by molar-refractivity contribution is -0.127. The van der Waals surface area contributed by atoms with Gasteiger partial charge < -0.3 is 19.5 Å². The third kappa shape index (κ3) is 5.34. The van der Waals surface area contributed by atoms with Gasteiger partial charge in [0, 0.05) is 49.7 Å². The van der Waals surface area contributed by atoms with Gasteiger partial charge in [-0.2, -0.15) is 0 Å². The van der Waals surface area contributed by atoms with Crippen LogP contribution < -0.4 is 4.74 Å². The second kappa shape index (κ2) is 11.4. The molecule has 0 radical (unpaired) electrons. The fraction of sp³-hybridized carbons (Fsp3) is 0.214. The number of fused-ring (bicyclic) bond motifs is 1. The molecule has 1 N–H and O–H groups in total. The number of aldehydes is 1. The number of carbonyl (C=O) groups excluding carboxylic acids is 3. The van der Waals surface area contributed by atoms with Crippen LogP contribution in [0.15, 0.2) is 73.1 Å². The van der Waals surface area contributed by atoms with E-state index >= 15 is 0 Å². The number of hydrogen-bond acceptors (Lipinski definition) is 6. The van der Waals surface area contributed by atoms with E-state index in [1.54, 1.807) is 42.6 Å². The van der Waals surface area contributed by atoms with Crippen molar-refractivity contribution in [1.29, 1.82) is 0 Å². The van der Waals surface area contributed by atoms with Crippen molar-refractivity contribution < 1.29 is 19.1 Å². The fourth-order valence-corrected chi connectivity index (χ4v) is 4.10. The monoisotopic (exact) mass is 484 g/mol. The Morgan fingerprint density at radius 2 is 1.69 bits per heavy atom. The molecule has 1 aliphatic heterocycles. The molecule has 8 heteroatoms.